The van der Waals surface area contributed by atoms with Crippen molar-refractivity contribution in [1.29, 1.82) is 0 Å². The molecule has 0 atom stereocenters. The molecule has 0 saturated heterocycles. The van der Waals surface area contributed by atoms with E-state index in [0.717, 1.165) is 5.56 Å². The molecule has 1 amide bonds. The number of nitrogens with one attached hydrogen (secondary N) is 1. The van der Waals surface area contributed by atoms with E-state index in [1.807, 2.05) is 18.2 Å². The van der Waals surface area contributed by atoms with E-state index in [4.69, 9.17) is 16.7 Å². The van der Waals surface area contributed by atoms with Crippen LogP contribution in [0, 0.1) is 0 Å². The number of carbonyl (C=O) groups excluding carboxylic acids is 1. The summed E-state index contributed by atoms with van der Waals surface area (Å²) in [6.45, 7) is 0. The average Bonchev–Trinajstić information content (AvgIpc) is 2.46. The van der Waals surface area contributed by atoms with Crippen LogP contribution in [0.1, 0.15) is 22.5 Å². The molecule has 5 nitrogen and oxygen atoms in total. The summed E-state index contributed by atoms with van der Waals surface area (Å²) in [7, 11) is 0. The van der Waals surface area contributed by atoms with E-state index < -0.39 is 5.97 Å². The molecule has 0 unspecified atom stereocenters. The molecule has 108 valence electrons. The summed E-state index contributed by atoms with van der Waals surface area (Å²) in [5.41, 5.74) is 1.20. The fourth-order valence-electron chi connectivity index (χ4n) is 1.80. The van der Waals surface area contributed by atoms with E-state index in [-0.39, 0.29) is 18.0 Å². The smallest absolute Gasteiger partial charge is 0.354 e. The number of hydrogen-bond donors (Lipinski definition) is 2. The van der Waals surface area contributed by atoms with Gasteiger partial charge < -0.3 is 10.4 Å². The van der Waals surface area contributed by atoms with Crippen LogP contribution in [0.4, 0.5) is 5.69 Å². The van der Waals surface area contributed by atoms with Gasteiger partial charge in [0.05, 0.1) is 0 Å². The molecule has 0 aliphatic carbocycles. The molecule has 6 heteroatoms. The predicted octanol–water partition coefficient (Wildman–Crippen LogP) is 3.00. The van der Waals surface area contributed by atoms with Crippen molar-refractivity contribution in [2.24, 2.45) is 0 Å². The molecule has 1 heterocycles. The first-order chi connectivity index (χ1) is 10.1. The Morgan fingerprint density at radius 2 is 2.00 bits per heavy atom. The van der Waals surface area contributed by atoms with E-state index in [2.05, 4.69) is 10.3 Å². The highest BCUT2D eigenvalue weighted by Crippen LogP contribution is 2.17. The zero-order valence-corrected chi connectivity index (χ0v) is 11.8. The molecular formula is C15H13ClN2O3. The summed E-state index contributed by atoms with van der Waals surface area (Å²) in [4.78, 5) is 26.3. The minimum atomic E-state index is -1.14. The molecular weight excluding hydrogens is 292 g/mol. The number of carboxylic acid groups (broad SMARTS) is 1. The van der Waals surface area contributed by atoms with Gasteiger partial charge in [0.1, 0.15) is 5.69 Å². The predicted molar refractivity (Wildman–Crippen MR) is 79.6 cm³/mol. The number of benzene rings is 1. The van der Waals surface area contributed by atoms with E-state index in [9.17, 15) is 9.59 Å². The number of hydrogen-bond acceptors (Lipinski definition) is 3. The molecule has 0 spiro atoms. The average molecular weight is 305 g/mol. The van der Waals surface area contributed by atoms with Crippen molar-refractivity contribution in [3.63, 3.8) is 0 Å². The van der Waals surface area contributed by atoms with Crippen LogP contribution in [0.3, 0.4) is 0 Å². The number of aromatic nitrogens is 1. The number of aromatic carboxylic acids is 1. The first-order valence-corrected chi connectivity index (χ1v) is 6.66. The second-order valence-electron chi connectivity index (χ2n) is 4.37. The highest BCUT2D eigenvalue weighted by molar-refractivity contribution is 6.31. The third-order valence-corrected chi connectivity index (χ3v) is 3.21. The van der Waals surface area contributed by atoms with Crippen molar-refractivity contribution in [2.75, 3.05) is 5.32 Å². The minimum absolute atomic E-state index is 0.112. The lowest BCUT2D eigenvalue weighted by Crippen LogP contribution is -2.13. The van der Waals surface area contributed by atoms with Crippen molar-refractivity contribution in [3.05, 3.63) is 58.9 Å². The van der Waals surface area contributed by atoms with Crippen LogP contribution in [-0.2, 0) is 11.2 Å². The maximum atomic E-state index is 11.9. The van der Waals surface area contributed by atoms with Crippen LogP contribution >= 0.6 is 11.6 Å². The second-order valence-corrected chi connectivity index (χ2v) is 4.78. The number of pyridine rings is 1. The van der Waals surface area contributed by atoms with Crippen LogP contribution in [0.25, 0.3) is 0 Å². The Hall–Kier alpha value is -2.40. The highest BCUT2D eigenvalue weighted by Gasteiger charge is 2.08. The van der Waals surface area contributed by atoms with Gasteiger partial charge in [0.15, 0.2) is 0 Å². The number of nitrogens with zero attached hydrogens (tertiary/aromatic N) is 1. The lowest BCUT2D eigenvalue weighted by atomic mass is 10.1. The molecule has 1 aromatic carbocycles. The maximum Gasteiger partial charge on any atom is 0.354 e. The van der Waals surface area contributed by atoms with Gasteiger partial charge in [-0.3, -0.25) is 4.79 Å². The summed E-state index contributed by atoms with van der Waals surface area (Å²) in [5.74, 6) is -1.35. The number of amides is 1. The molecule has 0 saturated carbocycles. The zero-order chi connectivity index (χ0) is 15.2. The number of anilines is 1. The van der Waals surface area contributed by atoms with E-state index >= 15 is 0 Å². The Bertz CT molecular complexity index is 673. The van der Waals surface area contributed by atoms with Crippen molar-refractivity contribution in [2.45, 2.75) is 12.8 Å². The maximum absolute atomic E-state index is 11.9. The third-order valence-electron chi connectivity index (χ3n) is 2.84. The van der Waals surface area contributed by atoms with Crippen LogP contribution < -0.4 is 5.32 Å². The standard InChI is InChI=1S/C15H13ClN2O3/c16-12-4-2-1-3-10(12)5-6-14(19)18-11-7-8-17-13(9-11)15(20)21/h1-4,7-9H,5-6H2,(H,20,21)(H,17,18,19). The van der Waals surface area contributed by atoms with Gasteiger partial charge in [-0.25, -0.2) is 9.78 Å². The number of carbonyl (C=O) groups is 2. The van der Waals surface area contributed by atoms with Crippen LogP contribution in [0.5, 0.6) is 0 Å². The summed E-state index contributed by atoms with van der Waals surface area (Å²) < 4.78 is 0. The lowest BCUT2D eigenvalue weighted by molar-refractivity contribution is -0.116. The molecule has 0 radical (unpaired) electrons. The number of carboxylic acids is 1. The number of aryl methyl sites for hydroxylation is 1. The molecule has 0 aliphatic rings. The van der Waals surface area contributed by atoms with Crippen molar-refractivity contribution >= 4 is 29.2 Å². The Labute approximate surface area is 126 Å². The van der Waals surface area contributed by atoms with Crippen molar-refractivity contribution in [1.82, 2.24) is 4.98 Å². The fourth-order valence-corrected chi connectivity index (χ4v) is 2.03. The second kappa shape index (κ2) is 6.85. The van der Waals surface area contributed by atoms with Crippen LogP contribution in [-0.4, -0.2) is 22.0 Å². The summed E-state index contributed by atoms with van der Waals surface area (Å²) in [6, 6.07) is 10.2. The molecule has 0 bridgehead atoms. The topological polar surface area (TPSA) is 79.3 Å². The summed E-state index contributed by atoms with van der Waals surface area (Å²) in [6.07, 6.45) is 2.12. The van der Waals surface area contributed by atoms with Gasteiger partial charge >= 0.3 is 5.97 Å². The SMILES string of the molecule is O=C(CCc1ccccc1Cl)Nc1ccnc(C(=O)O)c1. The van der Waals surface area contributed by atoms with Gasteiger partial charge in [-0.05, 0) is 30.2 Å². The molecule has 2 N–H and O–H groups in total. The quantitative estimate of drug-likeness (QED) is 0.890. The van der Waals surface area contributed by atoms with Crippen molar-refractivity contribution < 1.29 is 14.7 Å². The Balaban J connectivity index is 1.95. The van der Waals surface area contributed by atoms with E-state index in [0.29, 0.717) is 17.1 Å². The van der Waals surface area contributed by atoms with E-state index in [1.54, 1.807) is 12.1 Å². The molecule has 0 aliphatic heterocycles. The normalized spacial score (nSPS) is 10.1. The largest absolute Gasteiger partial charge is 0.477 e. The molecule has 2 rings (SSSR count). The first-order valence-electron chi connectivity index (χ1n) is 6.29. The molecule has 1 aromatic heterocycles. The Morgan fingerprint density at radius 1 is 1.24 bits per heavy atom. The van der Waals surface area contributed by atoms with Gasteiger partial charge in [-0.2, -0.15) is 0 Å². The Morgan fingerprint density at radius 3 is 2.71 bits per heavy atom. The number of halogens is 1. The summed E-state index contributed by atoms with van der Waals surface area (Å²) >= 11 is 6.02. The van der Waals surface area contributed by atoms with E-state index in [1.165, 1.54) is 12.3 Å². The minimum Gasteiger partial charge on any atom is -0.477 e. The lowest BCUT2D eigenvalue weighted by Gasteiger charge is -2.06. The van der Waals surface area contributed by atoms with Gasteiger partial charge in [0, 0.05) is 23.3 Å². The Kier molecular flexibility index (Phi) is 4.90. The molecule has 2 aromatic rings. The zero-order valence-electron chi connectivity index (χ0n) is 11.0. The fraction of sp³-hybridized carbons (Fsp3) is 0.133. The monoisotopic (exact) mass is 304 g/mol. The van der Waals surface area contributed by atoms with Crippen molar-refractivity contribution in [3.8, 4) is 0 Å². The van der Waals surface area contributed by atoms with Gasteiger partial charge in [0.25, 0.3) is 0 Å². The first kappa shape index (κ1) is 15.0. The van der Waals surface area contributed by atoms with Crippen LogP contribution in [0.15, 0.2) is 42.6 Å². The van der Waals surface area contributed by atoms with Gasteiger partial charge in [-0.1, -0.05) is 29.8 Å². The third kappa shape index (κ3) is 4.29. The van der Waals surface area contributed by atoms with Gasteiger partial charge in [-0.15, -0.1) is 0 Å². The number of rotatable bonds is 5. The highest BCUT2D eigenvalue weighted by atomic mass is 35.5. The molecule has 0 fully saturated rings. The summed E-state index contributed by atoms with van der Waals surface area (Å²) in [5, 5.41) is 12.1. The molecule has 21 heavy (non-hydrogen) atoms. The van der Waals surface area contributed by atoms with Gasteiger partial charge in [0.2, 0.25) is 5.91 Å². The van der Waals surface area contributed by atoms with Crippen LogP contribution in [0.2, 0.25) is 5.02 Å².